The molecule has 0 saturated carbocycles. The highest BCUT2D eigenvalue weighted by Gasteiger charge is 2.43. The fourth-order valence-corrected chi connectivity index (χ4v) is 5.23. The topological polar surface area (TPSA) is 58.6 Å². The lowest BCUT2D eigenvalue weighted by Crippen LogP contribution is -2.61. The highest BCUT2D eigenvalue weighted by atomic mass is 32.1. The minimum Gasteiger partial charge on any atom is -0.378 e. The molecule has 0 unspecified atom stereocenters. The summed E-state index contributed by atoms with van der Waals surface area (Å²) in [7, 11) is 0. The summed E-state index contributed by atoms with van der Waals surface area (Å²) in [6.07, 6.45) is 1.82. The van der Waals surface area contributed by atoms with Gasteiger partial charge >= 0.3 is 0 Å². The van der Waals surface area contributed by atoms with E-state index in [-0.39, 0.29) is 11.4 Å². The highest BCUT2D eigenvalue weighted by Crippen LogP contribution is 2.33. The first-order valence-corrected chi connectivity index (χ1v) is 11.4. The van der Waals surface area contributed by atoms with Gasteiger partial charge in [0.15, 0.2) is 0 Å². The molecule has 5 rings (SSSR count). The first-order chi connectivity index (χ1) is 14.6. The van der Waals surface area contributed by atoms with Gasteiger partial charge in [-0.2, -0.15) is 0 Å². The number of pyridine rings is 1. The van der Waals surface area contributed by atoms with Crippen LogP contribution in [0.5, 0.6) is 0 Å². The van der Waals surface area contributed by atoms with Crippen LogP contribution in [0.1, 0.15) is 34.0 Å². The molecule has 0 aliphatic carbocycles. The number of nitrogens with zero attached hydrogens (tertiary/aromatic N) is 4. The van der Waals surface area contributed by atoms with E-state index in [4.69, 9.17) is 4.74 Å². The molecule has 2 fully saturated rings. The summed E-state index contributed by atoms with van der Waals surface area (Å²) in [5.74, 6) is 0.0222. The number of aromatic nitrogens is 2. The van der Waals surface area contributed by atoms with Crippen LogP contribution >= 0.6 is 11.3 Å². The van der Waals surface area contributed by atoms with Crippen LogP contribution in [0.4, 0.5) is 0 Å². The van der Waals surface area contributed by atoms with Crippen molar-refractivity contribution in [2.75, 3.05) is 32.8 Å². The number of hydrogen-bond acceptors (Lipinski definition) is 6. The molecule has 2 aromatic heterocycles. The van der Waals surface area contributed by atoms with E-state index in [1.54, 1.807) is 11.3 Å². The Morgan fingerprint density at radius 2 is 1.97 bits per heavy atom. The Balaban J connectivity index is 1.29. The van der Waals surface area contributed by atoms with Crippen LogP contribution in [0.25, 0.3) is 10.9 Å². The van der Waals surface area contributed by atoms with E-state index >= 15 is 0 Å². The molecule has 1 aromatic carbocycles. The van der Waals surface area contributed by atoms with Crippen molar-refractivity contribution < 1.29 is 9.53 Å². The number of fused-ring (bicyclic) bond motifs is 1. The van der Waals surface area contributed by atoms with Crippen molar-refractivity contribution in [1.29, 1.82) is 0 Å². The van der Waals surface area contributed by atoms with Crippen molar-refractivity contribution in [1.82, 2.24) is 19.8 Å². The molecular weight excluding hydrogens is 396 g/mol. The number of benzene rings is 1. The predicted octanol–water partition coefficient (Wildman–Crippen LogP) is 3.51. The second-order valence-electron chi connectivity index (χ2n) is 8.24. The molecule has 1 amide bonds. The minimum absolute atomic E-state index is 0.0106. The largest absolute Gasteiger partial charge is 0.378 e. The number of rotatable bonds is 3. The quantitative estimate of drug-likeness (QED) is 0.647. The fraction of sp³-hybridized carbons (Fsp3) is 0.435. The molecule has 0 bridgehead atoms. The number of carbonyl (C=O) groups excluding carboxylic acids is 1. The number of piperidine rings is 1. The van der Waals surface area contributed by atoms with Gasteiger partial charge in [-0.15, -0.1) is 11.3 Å². The van der Waals surface area contributed by atoms with E-state index in [1.807, 2.05) is 48.2 Å². The number of aryl methyl sites for hydroxylation is 1. The normalized spacial score (nSPS) is 19.4. The maximum atomic E-state index is 13.1. The lowest BCUT2D eigenvalue weighted by molar-refractivity contribution is -0.0962. The van der Waals surface area contributed by atoms with Gasteiger partial charge in [-0.1, -0.05) is 24.3 Å². The Bertz CT molecular complexity index is 1060. The van der Waals surface area contributed by atoms with Crippen molar-refractivity contribution in [3.8, 4) is 0 Å². The monoisotopic (exact) mass is 422 g/mol. The molecule has 6 nitrogen and oxygen atoms in total. The number of carbonyl (C=O) groups is 1. The number of ether oxygens (including phenoxy) is 1. The molecular formula is C23H26N4O2S. The molecule has 0 N–H and O–H groups in total. The van der Waals surface area contributed by atoms with Gasteiger partial charge in [0, 0.05) is 42.5 Å². The Kier molecular flexibility index (Phi) is 5.26. The number of hydrogen-bond donors (Lipinski definition) is 0. The van der Waals surface area contributed by atoms with Crippen molar-refractivity contribution in [3.05, 3.63) is 58.2 Å². The highest BCUT2D eigenvalue weighted by molar-refractivity contribution is 7.09. The number of thiazole rings is 1. The summed E-state index contributed by atoms with van der Waals surface area (Å²) in [5, 5.41) is 4.32. The van der Waals surface area contributed by atoms with Gasteiger partial charge in [0.25, 0.3) is 5.91 Å². The van der Waals surface area contributed by atoms with Gasteiger partial charge in [-0.3, -0.25) is 9.69 Å². The first-order valence-electron chi connectivity index (χ1n) is 10.5. The molecule has 2 saturated heterocycles. The summed E-state index contributed by atoms with van der Waals surface area (Å²) < 4.78 is 5.89. The van der Waals surface area contributed by atoms with E-state index in [0.717, 1.165) is 73.8 Å². The van der Waals surface area contributed by atoms with Crippen LogP contribution in [0, 0.1) is 6.92 Å². The third-order valence-electron chi connectivity index (χ3n) is 6.37. The zero-order valence-electron chi connectivity index (χ0n) is 17.2. The van der Waals surface area contributed by atoms with Crippen LogP contribution in [0.2, 0.25) is 0 Å². The van der Waals surface area contributed by atoms with Crippen LogP contribution in [0.15, 0.2) is 41.8 Å². The van der Waals surface area contributed by atoms with Crippen molar-refractivity contribution in [2.45, 2.75) is 31.8 Å². The maximum absolute atomic E-state index is 13.1. The fourth-order valence-electron chi connectivity index (χ4n) is 4.62. The summed E-state index contributed by atoms with van der Waals surface area (Å²) in [6.45, 7) is 6.76. The van der Waals surface area contributed by atoms with E-state index < -0.39 is 0 Å². The first kappa shape index (κ1) is 19.6. The molecule has 0 radical (unpaired) electrons. The molecule has 3 aromatic rings. The summed E-state index contributed by atoms with van der Waals surface area (Å²) in [4.78, 5) is 26.8. The molecule has 156 valence electrons. The van der Waals surface area contributed by atoms with Gasteiger partial charge < -0.3 is 9.64 Å². The summed E-state index contributed by atoms with van der Waals surface area (Å²) in [5.41, 5.74) is 2.52. The number of para-hydroxylation sites is 1. The lowest BCUT2D eigenvalue weighted by Gasteiger charge is -2.51. The average Bonchev–Trinajstić information content (AvgIpc) is 3.20. The van der Waals surface area contributed by atoms with Gasteiger partial charge in [-0.05, 0) is 31.9 Å². The van der Waals surface area contributed by atoms with Gasteiger partial charge in [-0.25, -0.2) is 9.97 Å². The smallest absolute Gasteiger partial charge is 0.272 e. The minimum atomic E-state index is -0.0106. The van der Waals surface area contributed by atoms with E-state index in [9.17, 15) is 4.79 Å². The predicted molar refractivity (Wildman–Crippen MR) is 118 cm³/mol. The third-order valence-corrected chi connectivity index (χ3v) is 7.19. The second kappa shape index (κ2) is 8.06. The molecule has 1 spiro atoms. The standard InChI is InChI=1S/C23H26N4O2S/c1-17-24-19(15-30-17)14-27-12-13-29-16-23(27)8-10-26(11-9-23)22(28)21-7-6-18-4-2-3-5-20(18)25-21/h2-7,15H,8-14,16H2,1H3. The van der Waals surface area contributed by atoms with Crippen LogP contribution < -0.4 is 0 Å². The molecule has 2 aliphatic rings. The molecule has 30 heavy (non-hydrogen) atoms. The molecule has 4 heterocycles. The van der Waals surface area contributed by atoms with Crippen molar-refractivity contribution >= 4 is 28.1 Å². The summed E-state index contributed by atoms with van der Waals surface area (Å²) in [6, 6.07) is 11.7. The van der Waals surface area contributed by atoms with Gasteiger partial charge in [0.05, 0.1) is 29.4 Å². The van der Waals surface area contributed by atoms with Crippen LogP contribution in [-0.2, 0) is 11.3 Å². The van der Waals surface area contributed by atoms with Gasteiger partial charge in [0.1, 0.15) is 5.69 Å². The molecule has 2 aliphatic heterocycles. The molecule has 0 atom stereocenters. The van der Waals surface area contributed by atoms with E-state index in [2.05, 4.69) is 20.2 Å². The number of amides is 1. The summed E-state index contributed by atoms with van der Waals surface area (Å²) >= 11 is 1.70. The second-order valence-corrected chi connectivity index (χ2v) is 9.30. The lowest BCUT2D eigenvalue weighted by atomic mass is 9.85. The van der Waals surface area contributed by atoms with Gasteiger partial charge in [0.2, 0.25) is 0 Å². The average molecular weight is 423 g/mol. The third kappa shape index (κ3) is 3.73. The van der Waals surface area contributed by atoms with Crippen LogP contribution in [0.3, 0.4) is 0 Å². The Morgan fingerprint density at radius 3 is 2.77 bits per heavy atom. The Morgan fingerprint density at radius 1 is 1.13 bits per heavy atom. The zero-order chi connectivity index (χ0) is 20.6. The van der Waals surface area contributed by atoms with E-state index in [1.165, 1.54) is 0 Å². The van der Waals surface area contributed by atoms with Crippen LogP contribution in [-0.4, -0.2) is 64.1 Å². The Hall–Kier alpha value is -2.35. The maximum Gasteiger partial charge on any atom is 0.272 e. The number of likely N-dealkylation sites (tertiary alicyclic amines) is 1. The van der Waals surface area contributed by atoms with E-state index in [0.29, 0.717) is 5.69 Å². The molecule has 7 heteroatoms. The number of morpholine rings is 1. The SMILES string of the molecule is Cc1nc(CN2CCOCC23CCN(C(=O)c2ccc4ccccc4n2)CC3)cs1. The van der Waals surface area contributed by atoms with Crippen molar-refractivity contribution in [3.63, 3.8) is 0 Å². The van der Waals surface area contributed by atoms with Crippen molar-refractivity contribution in [2.24, 2.45) is 0 Å². The Labute approximate surface area is 180 Å². The zero-order valence-corrected chi connectivity index (χ0v) is 18.0.